The Labute approximate surface area is 192 Å². The van der Waals surface area contributed by atoms with Crippen LogP contribution in [0.5, 0.6) is 0 Å². The minimum absolute atomic E-state index is 0.0591. The fourth-order valence-electron chi connectivity index (χ4n) is 4.33. The van der Waals surface area contributed by atoms with Gasteiger partial charge < -0.3 is 19.9 Å². The first-order valence-corrected chi connectivity index (χ1v) is 10.7. The molecule has 34 heavy (non-hydrogen) atoms. The van der Waals surface area contributed by atoms with Crippen LogP contribution in [0.3, 0.4) is 0 Å². The Morgan fingerprint density at radius 3 is 2.53 bits per heavy atom. The Kier molecular flexibility index (Phi) is 5.45. The van der Waals surface area contributed by atoms with Gasteiger partial charge in [0.2, 0.25) is 5.43 Å². The number of fused-ring (bicyclic) bond motifs is 1. The number of carboxylic acid groups (broad SMARTS) is 1. The molecule has 4 aromatic rings. The maximum Gasteiger partial charge on any atom is 0.341 e. The van der Waals surface area contributed by atoms with Crippen molar-refractivity contribution in [2.24, 2.45) is 0 Å². The van der Waals surface area contributed by atoms with Gasteiger partial charge in [-0.3, -0.25) is 9.78 Å². The molecular formula is C25H20F2N4O3. The van der Waals surface area contributed by atoms with Gasteiger partial charge in [0, 0.05) is 54.5 Å². The molecule has 1 unspecified atom stereocenters. The van der Waals surface area contributed by atoms with Crippen molar-refractivity contribution in [1.82, 2.24) is 9.55 Å². The van der Waals surface area contributed by atoms with Crippen molar-refractivity contribution in [1.29, 1.82) is 0 Å². The van der Waals surface area contributed by atoms with Crippen LogP contribution in [-0.4, -0.2) is 39.8 Å². The van der Waals surface area contributed by atoms with E-state index in [0.29, 0.717) is 30.0 Å². The van der Waals surface area contributed by atoms with E-state index in [4.69, 9.17) is 0 Å². The zero-order valence-corrected chi connectivity index (χ0v) is 17.9. The van der Waals surface area contributed by atoms with Crippen LogP contribution in [0.15, 0.2) is 71.9 Å². The first kappa shape index (κ1) is 21.6. The van der Waals surface area contributed by atoms with Crippen LogP contribution < -0.4 is 15.6 Å². The highest BCUT2D eigenvalue weighted by Crippen LogP contribution is 2.30. The van der Waals surface area contributed by atoms with E-state index in [1.807, 2.05) is 17.0 Å². The van der Waals surface area contributed by atoms with E-state index >= 15 is 4.39 Å². The first-order chi connectivity index (χ1) is 16.4. The van der Waals surface area contributed by atoms with Gasteiger partial charge in [0.05, 0.1) is 11.2 Å². The minimum atomic E-state index is -1.42. The van der Waals surface area contributed by atoms with E-state index in [2.05, 4.69) is 10.3 Å². The fraction of sp³-hybridized carbons (Fsp3) is 0.160. The molecule has 2 aromatic carbocycles. The summed E-state index contributed by atoms with van der Waals surface area (Å²) in [5, 5.41) is 12.9. The summed E-state index contributed by atoms with van der Waals surface area (Å²) >= 11 is 0. The highest BCUT2D eigenvalue weighted by Gasteiger charge is 2.26. The molecule has 1 atom stereocenters. The van der Waals surface area contributed by atoms with Crippen LogP contribution >= 0.6 is 0 Å². The lowest BCUT2D eigenvalue weighted by atomic mass is 10.1. The highest BCUT2D eigenvalue weighted by molar-refractivity contribution is 5.94. The largest absolute Gasteiger partial charge is 0.477 e. The number of nitrogens with zero attached hydrogens (tertiary/aromatic N) is 3. The van der Waals surface area contributed by atoms with Gasteiger partial charge in [0.25, 0.3) is 0 Å². The lowest BCUT2D eigenvalue weighted by Gasteiger charge is -2.22. The number of nitrogens with one attached hydrogen (secondary N) is 1. The molecule has 0 spiro atoms. The Hall–Kier alpha value is -4.27. The van der Waals surface area contributed by atoms with Crippen LogP contribution in [0, 0.1) is 11.6 Å². The molecule has 2 N–H and O–H groups in total. The number of aromatic nitrogens is 2. The van der Waals surface area contributed by atoms with Gasteiger partial charge in [-0.15, -0.1) is 0 Å². The number of carbonyl (C=O) groups is 1. The predicted octanol–water partition coefficient (Wildman–Crippen LogP) is 4.05. The smallest absolute Gasteiger partial charge is 0.341 e. The van der Waals surface area contributed by atoms with E-state index < -0.39 is 28.6 Å². The number of benzene rings is 2. The third-order valence-corrected chi connectivity index (χ3v) is 5.99. The van der Waals surface area contributed by atoms with E-state index in [0.717, 1.165) is 18.2 Å². The van der Waals surface area contributed by atoms with Crippen LogP contribution in [0.4, 0.5) is 20.2 Å². The van der Waals surface area contributed by atoms with Crippen molar-refractivity contribution in [2.45, 2.75) is 12.5 Å². The average molecular weight is 462 g/mol. The van der Waals surface area contributed by atoms with E-state index in [1.54, 1.807) is 18.5 Å². The Balaban J connectivity index is 1.58. The molecule has 9 heteroatoms. The maximum atomic E-state index is 15.2. The standard InChI is InChI=1S/C25H20F2N4O3/c26-15-1-3-18(4-2-15)31-14-20(25(33)34)24(32)19-11-21(27)23(12-22(19)31)30-10-7-17(13-30)29-16-5-8-28-9-6-16/h1-6,8-9,11-12,14,17H,7,10,13H2,(H,28,29)(H,33,34). The molecule has 1 saturated heterocycles. The van der Waals surface area contributed by atoms with Crippen LogP contribution in [0.2, 0.25) is 0 Å². The summed E-state index contributed by atoms with van der Waals surface area (Å²) < 4.78 is 30.2. The summed E-state index contributed by atoms with van der Waals surface area (Å²) in [4.78, 5) is 30.3. The molecule has 0 aliphatic carbocycles. The number of pyridine rings is 2. The van der Waals surface area contributed by atoms with Gasteiger partial charge in [-0.05, 0) is 55.0 Å². The Morgan fingerprint density at radius 2 is 1.82 bits per heavy atom. The lowest BCUT2D eigenvalue weighted by molar-refractivity contribution is 0.0695. The summed E-state index contributed by atoms with van der Waals surface area (Å²) in [6.07, 6.45) is 5.36. The lowest BCUT2D eigenvalue weighted by Crippen LogP contribution is -2.27. The van der Waals surface area contributed by atoms with E-state index in [-0.39, 0.29) is 11.4 Å². The zero-order valence-electron chi connectivity index (χ0n) is 17.9. The monoisotopic (exact) mass is 462 g/mol. The zero-order chi connectivity index (χ0) is 23.8. The second kappa shape index (κ2) is 8.58. The maximum absolute atomic E-state index is 15.2. The van der Waals surface area contributed by atoms with Gasteiger partial charge in [-0.25, -0.2) is 13.6 Å². The van der Waals surface area contributed by atoms with Crippen LogP contribution in [0.1, 0.15) is 16.8 Å². The van der Waals surface area contributed by atoms with Gasteiger partial charge in [0.1, 0.15) is 17.2 Å². The molecule has 0 bridgehead atoms. The molecule has 0 radical (unpaired) electrons. The molecule has 1 aliphatic heterocycles. The number of carboxylic acids is 1. The fourth-order valence-corrected chi connectivity index (χ4v) is 4.33. The summed E-state index contributed by atoms with van der Waals surface area (Å²) in [6, 6.07) is 11.9. The molecule has 1 fully saturated rings. The molecule has 172 valence electrons. The van der Waals surface area contributed by atoms with Gasteiger partial charge in [-0.2, -0.15) is 0 Å². The van der Waals surface area contributed by atoms with E-state index in [1.165, 1.54) is 35.0 Å². The minimum Gasteiger partial charge on any atom is -0.477 e. The summed E-state index contributed by atoms with van der Waals surface area (Å²) in [5.41, 5.74) is 0.752. The van der Waals surface area contributed by atoms with Gasteiger partial charge >= 0.3 is 5.97 Å². The van der Waals surface area contributed by atoms with Crippen molar-refractivity contribution in [2.75, 3.05) is 23.3 Å². The van der Waals surface area contributed by atoms with Crippen molar-refractivity contribution in [3.63, 3.8) is 0 Å². The van der Waals surface area contributed by atoms with Crippen LogP contribution in [-0.2, 0) is 0 Å². The van der Waals surface area contributed by atoms with Crippen molar-refractivity contribution >= 4 is 28.2 Å². The Morgan fingerprint density at radius 1 is 1.09 bits per heavy atom. The topological polar surface area (TPSA) is 87.5 Å². The second-order valence-corrected chi connectivity index (χ2v) is 8.16. The summed E-state index contributed by atoms with van der Waals surface area (Å²) in [5.74, 6) is -2.48. The molecule has 0 saturated carbocycles. The van der Waals surface area contributed by atoms with Gasteiger partial charge in [0.15, 0.2) is 0 Å². The number of aromatic carboxylic acids is 1. The van der Waals surface area contributed by atoms with Crippen molar-refractivity contribution in [3.8, 4) is 5.69 Å². The molecular weight excluding hydrogens is 442 g/mol. The number of anilines is 2. The summed E-state index contributed by atoms with van der Waals surface area (Å²) in [7, 11) is 0. The quantitative estimate of drug-likeness (QED) is 0.465. The molecule has 0 amide bonds. The molecule has 5 rings (SSSR count). The molecule has 3 heterocycles. The predicted molar refractivity (Wildman–Crippen MR) is 125 cm³/mol. The summed E-state index contributed by atoms with van der Waals surface area (Å²) in [6.45, 7) is 1.14. The number of rotatable bonds is 5. The van der Waals surface area contributed by atoms with Crippen LogP contribution in [0.25, 0.3) is 16.6 Å². The third kappa shape index (κ3) is 3.96. The Bertz CT molecular complexity index is 1440. The highest BCUT2D eigenvalue weighted by atomic mass is 19.1. The molecule has 2 aromatic heterocycles. The normalized spacial score (nSPS) is 15.6. The third-order valence-electron chi connectivity index (χ3n) is 5.99. The molecule has 1 aliphatic rings. The SMILES string of the molecule is O=C(O)c1cn(-c2ccc(F)cc2)c2cc(N3CCC(Nc4ccncc4)C3)c(F)cc2c1=O. The first-order valence-electron chi connectivity index (χ1n) is 10.7. The van der Waals surface area contributed by atoms with E-state index in [9.17, 15) is 19.1 Å². The van der Waals surface area contributed by atoms with Crippen molar-refractivity contribution < 1.29 is 18.7 Å². The average Bonchev–Trinajstić information content (AvgIpc) is 3.28. The van der Waals surface area contributed by atoms with Crippen molar-refractivity contribution in [3.05, 3.63) is 94.5 Å². The van der Waals surface area contributed by atoms with Gasteiger partial charge in [-0.1, -0.05) is 0 Å². The number of hydrogen-bond acceptors (Lipinski definition) is 5. The second-order valence-electron chi connectivity index (χ2n) is 8.16. The number of halogens is 2. The number of hydrogen-bond donors (Lipinski definition) is 2. The molecule has 7 nitrogen and oxygen atoms in total.